The van der Waals surface area contributed by atoms with E-state index in [4.69, 9.17) is 0 Å². The van der Waals surface area contributed by atoms with Crippen molar-refractivity contribution in [3.05, 3.63) is 35.9 Å². The zero-order valence-electron chi connectivity index (χ0n) is 12.1. The van der Waals surface area contributed by atoms with E-state index in [1.165, 1.54) is 5.56 Å². The molecule has 1 aliphatic heterocycles. The number of nitrogens with zero attached hydrogens (tertiary/aromatic N) is 1. The second kappa shape index (κ2) is 6.51. The first kappa shape index (κ1) is 14.5. The van der Waals surface area contributed by atoms with E-state index in [1.807, 2.05) is 6.07 Å². The third-order valence-corrected chi connectivity index (χ3v) is 4.30. The molecule has 0 aromatic heterocycles. The number of benzene rings is 1. The van der Waals surface area contributed by atoms with Crippen molar-refractivity contribution in [3.8, 4) is 0 Å². The van der Waals surface area contributed by atoms with Crippen molar-refractivity contribution < 1.29 is 5.11 Å². The summed E-state index contributed by atoms with van der Waals surface area (Å²) in [6.07, 6.45) is 2.04. The summed E-state index contributed by atoms with van der Waals surface area (Å²) in [5.41, 5.74) is 1.18. The van der Waals surface area contributed by atoms with Gasteiger partial charge in [-0.05, 0) is 32.3 Å². The molecule has 0 atom stereocenters. The Labute approximate surface area is 116 Å². The second-order valence-corrected chi connectivity index (χ2v) is 5.91. The highest BCUT2D eigenvalue weighted by molar-refractivity contribution is 5.15. The van der Waals surface area contributed by atoms with Crippen LogP contribution in [0.1, 0.15) is 32.3 Å². The summed E-state index contributed by atoms with van der Waals surface area (Å²) in [6.45, 7) is 7.68. The predicted molar refractivity (Wildman–Crippen MR) is 79.0 cm³/mol. The Bertz CT molecular complexity index is 370. The number of aliphatic hydroxyl groups is 1. The minimum absolute atomic E-state index is 0.0960. The molecule has 0 spiro atoms. The molecule has 1 aromatic carbocycles. The molecule has 19 heavy (non-hydrogen) atoms. The number of piperidine rings is 1. The molecule has 3 nitrogen and oxygen atoms in total. The van der Waals surface area contributed by atoms with Crippen molar-refractivity contribution in [1.29, 1.82) is 0 Å². The molecule has 106 valence electrons. The smallest absolute Gasteiger partial charge is 0.0614 e. The summed E-state index contributed by atoms with van der Waals surface area (Å²) in [4.78, 5) is 2.48. The van der Waals surface area contributed by atoms with E-state index >= 15 is 0 Å². The molecule has 0 saturated carbocycles. The average Bonchev–Trinajstić information content (AvgIpc) is 2.46. The van der Waals surface area contributed by atoms with Gasteiger partial charge in [-0.2, -0.15) is 0 Å². The Balaban J connectivity index is 1.90. The van der Waals surface area contributed by atoms with Gasteiger partial charge in [0.15, 0.2) is 0 Å². The molecule has 0 aliphatic carbocycles. The fourth-order valence-corrected chi connectivity index (χ4v) is 2.74. The minimum atomic E-state index is -0.0960. The highest BCUT2D eigenvalue weighted by Crippen LogP contribution is 2.23. The maximum absolute atomic E-state index is 9.76. The van der Waals surface area contributed by atoms with Gasteiger partial charge in [-0.1, -0.05) is 30.3 Å². The van der Waals surface area contributed by atoms with Gasteiger partial charge < -0.3 is 15.3 Å². The lowest BCUT2D eigenvalue weighted by Crippen LogP contribution is -2.56. The summed E-state index contributed by atoms with van der Waals surface area (Å²) in [7, 11) is 0. The lowest BCUT2D eigenvalue weighted by Gasteiger charge is -2.43. The van der Waals surface area contributed by atoms with Crippen LogP contribution in [0.4, 0.5) is 0 Å². The molecule has 0 radical (unpaired) electrons. The van der Waals surface area contributed by atoms with Crippen molar-refractivity contribution in [2.24, 2.45) is 0 Å². The average molecular weight is 262 g/mol. The molecule has 2 rings (SSSR count). The largest absolute Gasteiger partial charge is 0.394 e. The van der Waals surface area contributed by atoms with Gasteiger partial charge >= 0.3 is 0 Å². The molecule has 3 heteroatoms. The van der Waals surface area contributed by atoms with Crippen molar-refractivity contribution in [2.45, 2.75) is 44.8 Å². The standard InChI is InChI=1S/C16H26N2O/c1-14(2)18-10-8-16(13-19,9-11-18)17-12-15-6-4-3-5-7-15/h3-7,14,17,19H,8-13H2,1-2H3. The van der Waals surface area contributed by atoms with Gasteiger partial charge in [-0.25, -0.2) is 0 Å². The molecule has 1 saturated heterocycles. The molecule has 1 heterocycles. The van der Waals surface area contributed by atoms with Crippen LogP contribution in [0.3, 0.4) is 0 Å². The first-order chi connectivity index (χ1) is 9.15. The number of likely N-dealkylation sites (tertiary alicyclic amines) is 1. The normalized spacial score (nSPS) is 19.8. The summed E-state index contributed by atoms with van der Waals surface area (Å²) >= 11 is 0. The van der Waals surface area contributed by atoms with Crippen molar-refractivity contribution in [1.82, 2.24) is 10.2 Å². The fourth-order valence-electron chi connectivity index (χ4n) is 2.74. The fraction of sp³-hybridized carbons (Fsp3) is 0.625. The number of aliphatic hydroxyl groups excluding tert-OH is 1. The van der Waals surface area contributed by atoms with E-state index in [0.29, 0.717) is 6.04 Å². The van der Waals surface area contributed by atoms with E-state index in [9.17, 15) is 5.11 Å². The van der Waals surface area contributed by atoms with Crippen LogP contribution >= 0.6 is 0 Å². The van der Waals surface area contributed by atoms with Crippen LogP contribution in [-0.4, -0.2) is 41.3 Å². The molecular formula is C16H26N2O. The van der Waals surface area contributed by atoms with Gasteiger partial charge in [-0.3, -0.25) is 0 Å². The van der Waals surface area contributed by atoms with Gasteiger partial charge in [-0.15, -0.1) is 0 Å². The first-order valence-corrected chi connectivity index (χ1v) is 7.29. The SMILES string of the molecule is CC(C)N1CCC(CO)(NCc2ccccc2)CC1. The zero-order valence-corrected chi connectivity index (χ0v) is 12.1. The van der Waals surface area contributed by atoms with Crippen LogP contribution < -0.4 is 5.32 Å². The van der Waals surface area contributed by atoms with Gasteiger partial charge in [0, 0.05) is 31.2 Å². The molecule has 1 aliphatic rings. The van der Waals surface area contributed by atoms with Crippen molar-refractivity contribution >= 4 is 0 Å². The topological polar surface area (TPSA) is 35.5 Å². The lowest BCUT2D eigenvalue weighted by molar-refractivity contribution is 0.0642. The summed E-state index contributed by atoms with van der Waals surface area (Å²) in [5, 5.41) is 13.3. The van der Waals surface area contributed by atoms with Crippen LogP contribution in [-0.2, 0) is 6.54 Å². The van der Waals surface area contributed by atoms with Crippen LogP contribution in [0.2, 0.25) is 0 Å². The Morgan fingerprint density at radius 1 is 1.21 bits per heavy atom. The number of nitrogens with one attached hydrogen (secondary N) is 1. The highest BCUT2D eigenvalue weighted by Gasteiger charge is 2.33. The van der Waals surface area contributed by atoms with E-state index in [-0.39, 0.29) is 12.1 Å². The predicted octanol–water partition coefficient (Wildman–Crippen LogP) is 2.01. The van der Waals surface area contributed by atoms with Crippen molar-refractivity contribution in [3.63, 3.8) is 0 Å². The molecule has 0 bridgehead atoms. The van der Waals surface area contributed by atoms with E-state index in [0.717, 1.165) is 32.5 Å². The molecular weight excluding hydrogens is 236 g/mol. The van der Waals surface area contributed by atoms with Crippen molar-refractivity contribution in [2.75, 3.05) is 19.7 Å². The van der Waals surface area contributed by atoms with Crippen LogP contribution in [0.15, 0.2) is 30.3 Å². The Morgan fingerprint density at radius 3 is 2.37 bits per heavy atom. The Hall–Kier alpha value is -0.900. The molecule has 1 aromatic rings. The maximum atomic E-state index is 9.76. The minimum Gasteiger partial charge on any atom is -0.394 e. The first-order valence-electron chi connectivity index (χ1n) is 7.29. The lowest BCUT2D eigenvalue weighted by atomic mass is 9.87. The van der Waals surface area contributed by atoms with Crippen LogP contribution in [0.25, 0.3) is 0 Å². The summed E-state index contributed by atoms with van der Waals surface area (Å²) < 4.78 is 0. The highest BCUT2D eigenvalue weighted by atomic mass is 16.3. The van der Waals surface area contributed by atoms with E-state index in [1.54, 1.807) is 0 Å². The molecule has 1 fully saturated rings. The zero-order chi connectivity index (χ0) is 13.7. The van der Waals surface area contributed by atoms with E-state index in [2.05, 4.69) is 48.3 Å². The number of hydrogen-bond donors (Lipinski definition) is 2. The third kappa shape index (κ3) is 3.78. The van der Waals surface area contributed by atoms with Gasteiger partial charge in [0.2, 0.25) is 0 Å². The second-order valence-electron chi connectivity index (χ2n) is 5.91. The Morgan fingerprint density at radius 2 is 1.84 bits per heavy atom. The van der Waals surface area contributed by atoms with Crippen LogP contribution in [0, 0.1) is 0 Å². The summed E-state index contributed by atoms with van der Waals surface area (Å²) in [5.74, 6) is 0. The monoisotopic (exact) mass is 262 g/mol. The molecule has 2 N–H and O–H groups in total. The van der Waals surface area contributed by atoms with Gasteiger partial charge in [0.1, 0.15) is 0 Å². The Kier molecular flexibility index (Phi) is 4.97. The quantitative estimate of drug-likeness (QED) is 0.852. The third-order valence-electron chi connectivity index (χ3n) is 4.30. The van der Waals surface area contributed by atoms with Crippen LogP contribution in [0.5, 0.6) is 0 Å². The molecule has 0 amide bonds. The maximum Gasteiger partial charge on any atom is 0.0614 e. The molecule has 0 unspecified atom stereocenters. The number of hydrogen-bond acceptors (Lipinski definition) is 3. The van der Waals surface area contributed by atoms with E-state index < -0.39 is 0 Å². The number of rotatable bonds is 5. The summed E-state index contributed by atoms with van der Waals surface area (Å²) in [6, 6.07) is 11.0. The van der Waals surface area contributed by atoms with Gasteiger partial charge in [0.05, 0.1) is 6.61 Å². The van der Waals surface area contributed by atoms with Gasteiger partial charge in [0.25, 0.3) is 0 Å².